The molecule has 0 amide bonds. The zero-order chi connectivity index (χ0) is 17.3. The molecule has 0 aliphatic carbocycles. The molecule has 0 spiro atoms. The van der Waals surface area contributed by atoms with Gasteiger partial charge in [-0.15, -0.1) is 0 Å². The Balaban J connectivity index is 2.06. The molecule has 2 aromatic carbocycles. The lowest BCUT2D eigenvalue weighted by atomic mass is 10.3. The van der Waals surface area contributed by atoms with E-state index in [1.54, 1.807) is 12.1 Å². The SMILES string of the molecule is O=S(=O)(Nc1cc(Cl)ccc1-n1cncn1)c1ccc(Cl)cc1F. The third-order valence-corrected chi connectivity index (χ3v) is 4.92. The van der Waals surface area contributed by atoms with Crippen LogP contribution >= 0.6 is 23.2 Å². The van der Waals surface area contributed by atoms with Crippen molar-refractivity contribution >= 4 is 38.9 Å². The second kappa shape index (κ2) is 6.39. The third kappa shape index (κ3) is 3.35. The van der Waals surface area contributed by atoms with E-state index in [4.69, 9.17) is 23.2 Å². The molecule has 0 unspecified atom stereocenters. The largest absolute Gasteiger partial charge is 0.277 e. The summed E-state index contributed by atoms with van der Waals surface area (Å²) in [5.74, 6) is -0.959. The minimum Gasteiger partial charge on any atom is -0.277 e. The number of rotatable bonds is 4. The molecular formula is C14H9Cl2FN4O2S. The van der Waals surface area contributed by atoms with E-state index in [0.29, 0.717) is 10.7 Å². The highest BCUT2D eigenvalue weighted by molar-refractivity contribution is 7.92. The fraction of sp³-hybridized carbons (Fsp3) is 0. The fourth-order valence-corrected chi connectivity index (χ4v) is 3.47. The molecule has 0 bridgehead atoms. The number of hydrogen-bond donors (Lipinski definition) is 1. The second-order valence-electron chi connectivity index (χ2n) is 4.68. The zero-order valence-electron chi connectivity index (χ0n) is 11.8. The topological polar surface area (TPSA) is 76.9 Å². The summed E-state index contributed by atoms with van der Waals surface area (Å²) in [6.45, 7) is 0. The van der Waals surface area contributed by atoms with Gasteiger partial charge >= 0.3 is 0 Å². The smallest absolute Gasteiger partial charge is 0.264 e. The van der Waals surface area contributed by atoms with Gasteiger partial charge in [-0.25, -0.2) is 22.5 Å². The number of anilines is 1. The van der Waals surface area contributed by atoms with Crippen molar-refractivity contribution in [2.24, 2.45) is 0 Å². The third-order valence-electron chi connectivity index (χ3n) is 3.05. The predicted octanol–water partition coefficient (Wildman–Crippen LogP) is 3.51. The Labute approximate surface area is 146 Å². The first kappa shape index (κ1) is 16.7. The van der Waals surface area contributed by atoms with E-state index in [0.717, 1.165) is 12.1 Å². The van der Waals surface area contributed by atoms with Gasteiger partial charge in [0.1, 0.15) is 23.4 Å². The van der Waals surface area contributed by atoms with E-state index in [1.807, 2.05) is 0 Å². The summed E-state index contributed by atoms with van der Waals surface area (Å²) in [6, 6.07) is 7.82. The summed E-state index contributed by atoms with van der Waals surface area (Å²) < 4.78 is 42.6. The number of hydrogen-bond acceptors (Lipinski definition) is 4. The molecule has 124 valence electrons. The Bertz CT molecular complexity index is 994. The fourth-order valence-electron chi connectivity index (χ4n) is 2.02. The molecule has 3 aromatic rings. The maximum atomic E-state index is 13.9. The number of aromatic nitrogens is 3. The summed E-state index contributed by atoms with van der Waals surface area (Å²) >= 11 is 11.6. The van der Waals surface area contributed by atoms with Crippen molar-refractivity contribution in [2.75, 3.05) is 4.72 Å². The van der Waals surface area contributed by atoms with E-state index in [-0.39, 0.29) is 10.7 Å². The Morgan fingerprint density at radius 1 is 1.08 bits per heavy atom. The van der Waals surface area contributed by atoms with Gasteiger partial charge in [0.25, 0.3) is 10.0 Å². The second-order valence-corrected chi connectivity index (χ2v) is 7.21. The van der Waals surface area contributed by atoms with Crippen molar-refractivity contribution in [2.45, 2.75) is 4.90 Å². The van der Waals surface area contributed by atoms with Crippen LogP contribution in [-0.4, -0.2) is 23.2 Å². The number of sulfonamides is 1. The van der Waals surface area contributed by atoms with Crippen molar-refractivity contribution < 1.29 is 12.8 Å². The normalized spacial score (nSPS) is 11.5. The minimum absolute atomic E-state index is 0.0949. The maximum Gasteiger partial charge on any atom is 0.264 e. The van der Waals surface area contributed by atoms with Gasteiger partial charge in [-0.2, -0.15) is 5.10 Å². The van der Waals surface area contributed by atoms with E-state index in [9.17, 15) is 12.8 Å². The average Bonchev–Trinajstić information content (AvgIpc) is 3.00. The minimum atomic E-state index is -4.19. The van der Waals surface area contributed by atoms with Gasteiger partial charge < -0.3 is 0 Å². The van der Waals surface area contributed by atoms with Gasteiger partial charge in [0.2, 0.25) is 0 Å². The van der Waals surface area contributed by atoms with E-state index < -0.39 is 20.7 Å². The highest BCUT2D eigenvalue weighted by atomic mass is 35.5. The lowest BCUT2D eigenvalue weighted by Gasteiger charge is -2.13. The molecule has 6 nitrogen and oxygen atoms in total. The highest BCUT2D eigenvalue weighted by Gasteiger charge is 2.21. The molecule has 0 fully saturated rings. The van der Waals surface area contributed by atoms with Crippen LogP contribution < -0.4 is 4.72 Å². The number of nitrogens with zero attached hydrogens (tertiary/aromatic N) is 3. The lowest BCUT2D eigenvalue weighted by Crippen LogP contribution is -2.16. The first-order valence-corrected chi connectivity index (χ1v) is 8.73. The maximum absolute atomic E-state index is 13.9. The molecule has 3 rings (SSSR count). The van der Waals surface area contributed by atoms with Crippen molar-refractivity contribution in [3.05, 3.63) is 64.9 Å². The first-order chi connectivity index (χ1) is 11.4. The van der Waals surface area contributed by atoms with Crippen molar-refractivity contribution in [1.82, 2.24) is 14.8 Å². The van der Waals surface area contributed by atoms with E-state index >= 15 is 0 Å². The summed E-state index contributed by atoms with van der Waals surface area (Å²) in [4.78, 5) is 3.28. The summed E-state index contributed by atoms with van der Waals surface area (Å²) in [6.07, 6.45) is 2.69. The molecular weight excluding hydrogens is 378 g/mol. The average molecular weight is 387 g/mol. The van der Waals surface area contributed by atoms with E-state index in [1.165, 1.54) is 29.5 Å². The molecule has 1 heterocycles. The van der Waals surface area contributed by atoms with Crippen LogP contribution in [0.3, 0.4) is 0 Å². The first-order valence-electron chi connectivity index (χ1n) is 6.49. The molecule has 0 aliphatic heterocycles. The molecule has 1 aromatic heterocycles. The van der Waals surface area contributed by atoms with Gasteiger partial charge in [0, 0.05) is 10.0 Å². The van der Waals surface area contributed by atoms with Gasteiger partial charge in [-0.3, -0.25) is 4.72 Å². The summed E-state index contributed by atoms with van der Waals surface area (Å²) in [7, 11) is -4.19. The van der Waals surface area contributed by atoms with Crippen LogP contribution in [0.4, 0.5) is 10.1 Å². The van der Waals surface area contributed by atoms with Crippen LogP contribution in [0.15, 0.2) is 53.9 Å². The Morgan fingerprint density at radius 2 is 1.79 bits per heavy atom. The van der Waals surface area contributed by atoms with Crippen LogP contribution in [0.1, 0.15) is 0 Å². The number of halogens is 3. The Morgan fingerprint density at radius 3 is 2.46 bits per heavy atom. The number of nitrogens with one attached hydrogen (secondary N) is 1. The Hall–Kier alpha value is -2.16. The lowest BCUT2D eigenvalue weighted by molar-refractivity contribution is 0.570. The quantitative estimate of drug-likeness (QED) is 0.743. The summed E-state index contributed by atoms with van der Waals surface area (Å²) in [5, 5.41) is 4.34. The van der Waals surface area contributed by atoms with Gasteiger partial charge in [-0.1, -0.05) is 23.2 Å². The van der Waals surface area contributed by atoms with Crippen molar-refractivity contribution in [1.29, 1.82) is 0 Å². The monoisotopic (exact) mass is 386 g/mol. The molecule has 0 atom stereocenters. The van der Waals surface area contributed by atoms with E-state index in [2.05, 4.69) is 14.8 Å². The predicted molar refractivity (Wildman–Crippen MR) is 88.6 cm³/mol. The molecule has 0 saturated heterocycles. The summed E-state index contributed by atoms with van der Waals surface area (Å²) in [5.41, 5.74) is 0.511. The molecule has 0 saturated carbocycles. The Kier molecular flexibility index (Phi) is 4.44. The van der Waals surface area contributed by atoms with Crippen LogP contribution in [-0.2, 0) is 10.0 Å². The van der Waals surface area contributed by atoms with Crippen LogP contribution in [0.2, 0.25) is 10.0 Å². The molecule has 0 aliphatic rings. The molecule has 24 heavy (non-hydrogen) atoms. The van der Waals surface area contributed by atoms with Crippen LogP contribution in [0, 0.1) is 5.82 Å². The zero-order valence-corrected chi connectivity index (χ0v) is 14.1. The van der Waals surface area contributed by atoms with Gasteiger partial charge in [-0.05, 0) is 36.4 Å². The van der Waals surface area contributed by atoms with Gasteiger partial charge in [0.15, 0.2) is 0 Å². The molecule has 10 heteroatoms. The molecule has 0 radical (unpaired) electrons. The standard InChI is InChI=1S/C14H9Cl2FN4O2S/c15-9-2-4-14(11(17)5-9)24(22,23)20-12-6-10(16)1-3-13(12)21-8-18-7-19-21/h1-8,20H. The molecule has 1 N–H and O–H groups in total. The highest BCUT2D eigenvalue weighted by Crippen LogP contribution is 2.27. The van der Waals surface area contributed by atoms with Crippen LogP contribution in [0.5, 0.6) is 0 Å². The van der Waals surface area contributed by atoms with Crippen LogP contribution in [0.25, 0.3) is 5.69 Å². The van der Waals surface area contributed by atoms with Gasteiger partial charge in [0.05, 0.1) is 11.4 Å². The number of benzene rings is 2. The van der Waals surface area contributed by atoms with Crippen molar-refractivity contribution in [3.8, 4) is 5.69 Å². The van der Waals surface area contributed by atoms with Crippen molar-refractivity contribution in [3.63, 3.8) is 0 Å².